The zero-order chi connectivity index (χ0) is 15.4. The van der Waals surface area contributed by atoms with Gasteiger partial charge in [0.2, 0.25) is 5.95 Å². The van der Waals surface area contributed by atoms with Crippen molar-refractivity contribution in [1.29, 1.82) is 0 Å². The van der Waals surface area contributed by atoms with Crippen molar-refractivity contribution in [1.82, 2.24) is 20.3 Å². The van der Waals surface area contributed by atoms with Crippen LogP contribution in [-0.2, 0) is 0 Å². The topological polar surface area (TPSA) is 73.9 Å². The summed E-state index contributed by atoms with van der Waals surface area (Å²) < 4.78 is 0. The summed E-state index contributed by atoms with van der Waals surface area (Å²) in [5, 5.41) is 3.04. The van der Waals surface area contributed by atoms with E-state index in [1.807, 2.05) is 19.1 Å². The molecule has 1 aliphatic rings. The number of H-pyrrole nitrogens is 1. The van der Waals surface area contributed by atoms with Crippen molar-refractivity contribution < 1.29 is 4.79 Å². The Hall–Kier alpha value is -2.37. The predicted molar refractivity (Wildman–Crippen MR) is 84.8 cm³/mol. The average Bonchev–Trinajstić information content (AvgIpc) is 3.00. The zero-order valence-electron chi connectivity index (χ0n) is 12.7. The van der Waals surface area contributed by atoms with Crippen LogP contribution in [0.15, 0.2) is 30.7 Å². The Balaban J connectivity index is 1.55. The molecule has 0 saturated carbocycles. The quantitative estimate of drug-likeness (QED) is 0.902. The maximum Gasteiger partial charge on any atom is 0.253 e. The molecule has 1 fully saturated rings. The molecule has 0 bridgehead atoms. The first-order valence-corrected chi connectivity index (χ1v) is 7.68. The molecule has 0 radical (unpaired) electrons. The molecule has 116 valence electrons. The molecule has 0 spiro atoms. The van der Waals surface area contributed by atoms with Crippen LogP contribution in [0.3, 0.4) is 0 Å². The van der Waals surface area contributed by atoms with Crippen molar-refractivity contribution in [2.24, 2.45) is 5.92 Å². The molecule has 6 heteroatoms. The maximum atomic E-state index is 12.2. The van der Waals surface area contributed by atoms with Crippen LogP contribution in [0.5, 0.6) is 0 Å². The Bertz CT molecular complexity index is 624. The molecule has 1 amide bonds. The number of aryl methyl sites for hydroxylation is 1. The largest absolute Gasteiger partial charge is 0.365 e. The highest BCUT2D eigenvalue weighted by Gasteiger charge is 2.22. The van der Waals surface area contributed by atoms with Gasteiger partial charge in [0, 0.05) is 43.9 Å². The van der Waals surface area contributed by atoms with Crippen LogP contribution in [0, 0.1) is 12.8 Å². The first-order valence-electron chi connectivity index (χ1n) is 7.68. The van der Waals surface area contributed by atoms with Crippen molar-refractivity contribution in [3.8, 4) is 0 Å². The van der Waals surface area contributed by atoms with E-state index in [4.69, 9.17) is 0 Å². The van der Waals surface area contributed by atoms with Crippen molar-refractivity contribution in [2.75, 3.05) is 24.5 Å². The summed E-state index contributed by atoms with van der Waals surface area (Å²) in [5.41, 5.74) is 1.62. The molecule has 0 aromatic carbocycles. The fourth-order valence-electron chi connectivity index (χ4n) is 2.90. The molecule has 1 aliphatic heterocycles. The molecule has 3 rings (SSSR count). The van der Waals surface area contributed by atoms with Gasteiger partial charge in [0.1, 0.15) is 0 Å². The number of amides is 1. The van der Waals surface area contributed by atoms with Crippen molar-refractivity contribution in [3.63, 3.8) is 0 Å². The first-order chi connectivity index (χ1) is 10.7. The van der Waals surface area contributed by atoms with Crippen LogP contribution in [0.1, 0.15) is 28.9 Å². The number of hydrogen-bond donors (Lipinski definition) is 2. The Morgan fingerprint density at radius 3 is 3.00 bits per heavy atom. The fourth-order valence-corrected chi connectivity index (χ4v) is 2.90. The molecule has 22 heavy (non-hydrogen) atoms. The molecule has 2 N–H and O–H groups in total. The van der Waals surface area contributed by atoms with E-state index in [1.54, 1.807) is 18.6 Å². The Morgan fingerprint density at radius 2 is 2.27 bits per heavy atom. The standard InChI is InChI=1S/C16H21N5O/c1-12-14(5-8-17-12)15(22)20-10-13-4-2-9-21(11-13)16-18-6-3-7-19-16/h3,5-8,13,17H,2,4,9-11H2,1H3,(H,20,22). The SMILES string of the molecule is Cc1[nH]ccc1C(=O)NCC1CCCN(c2ncccn2)C1. The van der Waals surface area contributed by atoms with Crippen molar-refractivity contribution in [2.45, 2.75) is 19.8 Å². The van der Waals surface area contributed by atoms with E-state index in [2.05, 4.69) is 25.2 Å². The van der Waals surface area contributed by atoms with Gasteiger partial charge in [0.15, 0.2) is 0 Å². The molecule has 0 aliphatic carbocycles. The number of hydrogen-bond acceptors (Lipinski definition) is 4. The summed E-state index contributed by atoms with van der Waals surface area (Å²) in [6.45, 7) is 4.46. The van der Waals surface area contributed by atoms with Crippen LogP contribution in [0.4, 0.5) is 5.95 Å². The lowest BCUT2D eigenvalue weighted by Crippen LogP contribution is -2.41. The highest BCUT2D eigenvalue weighted by atomic mass is 16.1. The monoisotopic (exact) mass is 299 g/mol. The van der Waals surface area contributed by atoms with Gasteiger partial charge in [0.25, 0.3) is 5.91 Å². The van der Waals surface area contributed by atoms with Gasteiger partial charge < -0.3 is 15.2 Å². The molecule has 1 atom stereocenters. The fraction of sp³-hybridized carbons (Fsp3) is 0.438. The second-order valence-corrected chi connectivity index (χ2v) is 5.73. The smallest absolute Gasteiger partial charge is 0.253 e. The number of aromatic nitrogens is 3. The molecule has 3 heterocycles. The highest BCUT2D eigenvalue weighted by molar-refractivity contribution is 5.95. The molecular weight excluding hydrogens is 278 g/mol. The first kappa shape index (κ1) is 14.6. The van der Waals surface area contributed by atoms with Crippen LogP contribution in [0.2, 0.25) is 0 Å². The van der Waals surface area contributed by atoms with Gasteiger partial charge in [-0.2, -0.15) is 0 Å². The number of nitrogens with one attached hydrogen (secondary N) is 2. The minimum Gasteiger partial charge on any atom is -0.365 e. The highest BCUT2D eigenvalue weighted by Crippen LogP contribution is 2.19. The minimum absolute atomic E-state index is 0.00756. The molecule has 1 unspecified atom stereocenters. The lowest BCUT2D eigenvalue weighted by molar-refractivity contribution is 0.0945. The lowest BCUT2D eigenvalue weighted by atomic mass is 9.98. The van der Waals surface area contributed by atoms with Gasteiger partial charge >= 0.3 is 0 Å². The van der Waals surface area contributed by atoms with E-state index in [9.17, 15) is 4.79 Å². The number of piperidine rings is 1. The van der Waals surface area contributed by atoms with Crippen LogP contribution in [0.25, 0.3) is 0 Å². The Morgan fingerprint density at radius 1 is 1.45 bits per heavy atom. The zero-order valence-corrected chi connectivity index (χ0v) is 12.7. The van der Waals surface area contributed by atoms with Gasteiger partial charge in [-0.05, 0) is 37.8 Å². The summed E-state index contributed by atoms with van der Waals surface area (Å²) >= 11 is 0. The molecular formula is C16H21N5O. The third-order valence-electron chi connectivity index (χ3n) is 4.10. The van der Waals surface area contributed by atoms with E-state index >= 15 is 0 Å². The van der Waals surface area contributed by atoms with Crippen molar-refractivity contribution in [3.05, 3.63) is 42.0 Å². The van der Waals surface area contributed by atoms with Crippen LogP contribution >= 0.6 is 0 Å². The van der Waals surface area contributed by atoms with E-state index < -0.39 is 0 Å². The number of rotatable bonds is 4. The lowest BCUT2D eigenvalue weighted by Gasteiger charge is -2.32. The number of aromatic amines is 1. The number of anilines is 1. The predicted octanol–water partition coefficient (Wildman–Crippen LogP) is 1.76. The van der Waals surface area contributed by atoms with E-state index in [-0.39, 0.29) is 5.91 Å². The molecule has 6 nitrogen and oxygen atoms in total. The average molecular weight is 299 g/mol. The van der Waals surface area contributed by atoms with Crippen LogP contribution < -0.4 is 10.2 Å². The summed E-state index contributed by atoms with van der Waals surface area (Å²) in [4.78, 5) is 26.0. The minimum atomic E-state index is -0.00756. The van der Waals surface area contributed by atoms with E-state index in [0.29, 0.717) is 12.5 Å². The molecule has 1 saturated heterocycles. The maximum absolute atomic E-state index is 12.2. The third kappa shape index (κ3) is 3.27. The second-order valence-electron chi connectivity index (χ2n) is 5.73. The number of carbonyl (C=O) groups is 1. The third-order valence-corrected chi connectivity index (χ3v) is 4.10. The Labute approximate surface area is 130 Å². The van der Waals surface area contributed by atoms with Gasteiger partial charge in [0.05, 0.1) is 5.56 Å². The van der Waals surface area contributed by atoms with Crippen LogP contribution in [-0.4, -0.2) is 40.5 Å². The van der Waals surface area contributed by atoms with E-state index in [0.717, 1.165) is 43.1 Å². The van der Waals surface area contributed by atoms with Gasteiger partial charge in [-0.25, -0.2) is 9.97 Å². The summed E-state index contributed by atoms with van der Waals surface area (Å²) in [6, 6.07) is 3.64. The van der Waals surface area contributed by atoms with Gasteiger partial charge in [-0.15, -0.1) is 0 Å². The van der Waals surface area contributed by atoms with Gasteiger partial charge in [-0.3, -0.25) is 4.79 Å². The second kappa shape index (κ2) is 6.60. The number of nitrogens with zero attached hydrogens (tertiary/aromatic N) is 3. The molecule has 2 aromatic rings. The van der Waals surface area contributed by atoms with E-state index in [1.165, 1.54) is 0 Å². The van der Waals surface area contributed by atoms with Crippen molar-refractivity contribution >= 4 is 11.9 Å². The van der Waals surface area contributed by atoms with Gasteiger partial charge in [-0.1, -0.05) is 0 Å². The molecule has 2 aromatic heterocycles. The summed E-state index contributed by atoms with van der Waals surface area (Å²) in [7, 11) is 0. The number of carbonyl (C=O) groups excluding carboxylic acids is 1. The summed E-state index contributed by atoms with van der Waals surface area (Å²) in [6.07, 6.45) is 7.54. The normalized spacial score (nSPS) is 18.2. The summed E-state index contributed by atoms with van der Waals surface area (Å²) in [5.74, 6) is 1.20. The Kier molecular flexibility index (Phi) is 4.37.